The third-order valence-electron chi connectivity index (χ3n) is 5.38. The van der Waals surface area contributed by atoms with Crippen LogP contribution >= 0.6 is 0 Å². The summed E-state index contributed by atoms with van der Waals surface area (Å²) < 4.78 is 5.19. The molecule has 1 N–H and O–H groups in total. The Hall–Kier alpha value is -3.13. The van der Waals surface area contributed by atoms with Gasteiger partial charge in [-0.25, -0.2) is 0 Å². The molecule has 1 aromatic heterocycles. The second-order valence-corrected chi connectivity index (χ2v) is 7.43. The van der Waals surface area contributed by atoms with E-state index in [4.69, 9.17) is 4.42 Å². The van der Waals surface area contributed by atoms with Gasteiger partial charge >= 0.3 is 0 Å². The van der Waals surface area contributed by atoms with Crippen molar-refractivity contribution >= 4 is 29.1 Å². The molecule has 29 heavy (non-hydrogen) atoms. The highest BCUT2D eigenvalue weighted by atomic mass is 16.3. The number of hydrogen-bond acceptors (Lipinski definition) is 5. The molecule has 1 unspecified atom stereocenters. The third kappa shape index (κ3) is 4.02. The molecule has 3 amide bonds. The van der Waals surface area contributed by atoms with E-state index in [2.05, 4.69) is 5.32 Å². The lowest BCUT2D eigenvalue weighted by Gasteiger charge is -2.36. The van der Waals surface area contributed by atoms with E-state index < -0.39 is 0 Å². The van der Waals surface area contributed by atoms with Crippen molar-refractivity contribution in [2.24, 2.45) is 0 Å². The Bertz CT molecular complexity index is 903. The van der Waals surface area contributed by atoms with Crippen LogP contribution < -0.4 is 10.2 Å². The fourth-order valence-corrected chi connectivity index (χ4v) is 3.90. The van der Waals surface area contributed by atoms with Crippen molar-refractivity contribution in [1.82, 2.24) is 9.80 Å². The summed E-state index contributed by atoms with van der Waals surface area (Å²) in [4.78, 5) is 43.1. The smallest absolute Gasteiger partial charge is 0.289 e. The number of carbonyl (C=O) groups excluding carboxylic acids is 3. The zero-order chi connectivity index (χ0) is 20.4. The SMILES string of the molecule is CC1CC(=O)Nc2ccccc2N1C(=O)CN1CCN(C(=O)c2ccco2)CC1. The van der Waals surface area contributed by atoms with Gasteiger partial charge in [0.05, 0.1) is 24.2 Å². The summed E-state index contributed by atoms with van der Waals surface area (Å²) in [6.07, 6.45) is 1.74. The number of anilines is 2. The predicted octanol–water partition coefficient (Wildman–Crippen LogP) is 1.80. The Kier molecular flexibility index (Phi) is 5.35. The summed E-state index contributed by atoms with van der Waals surface area (Å²) in [7, 11) is 0. The highest BCUT2D eigenvalue weighted by Crippen LogP contribution is 2.31. The van der Waals surface area contributed by atoms with E-state index in [0.717, 1.165) is 5.69 Å². The maximum atomic E-state index is 13.2. The molecule has 8 heteroatoms. The number of furan rings is 1. The number of nitrogens with zero attached hydrogens (tertiary/aromatic N) is 3. The van der Waals surface area contributed by atoms with Crippen LogP contribution in [0.15, 0.2) is 47.1 Å². The summed E-state index contributed by atoms with van der Waals surface area (Å²) in [5.41, 5.74) is 1.38. The Labute approximate surface area is 169 Å². The van der Waals surface area contributed by atoms with Crippen LogP contribution in [0.5, 0.6) is 0 Å². The monoisotopic (exact) mass is 396 g/mol. The summed E-state index contributed by atoms with van der Waals surface area (Å²) in [6, 6.07) is 10.5. The van der Waals surface area contributed by atoms with Gasteiger partial charge in [-0.05, 0) is 31.2 Å². The lowest BCUT2D eigenvalue weighted by molar-refractivity contribution is -0.120. The molecule has 1 saturated heterocycles. The molecule has 1 fully saturated rings. The van der Waals surface area contributed by atoms with Gasteiger partial charge in [0.1, 0.15) is 0 Å². The fraction of sp³-hybridized carbons (Fsp3) is 0.381. The number of fused-ring (bicyclic) bond motifs is 1. The topological polar surface area (TPSA) is 86.1 Å². The highest BCUT2D eigenvalue weighted by Gasteiger charge is 2.31. The summed E-state index contributed by atoms with van der Waals surface area (Å²) >= 11 is 0. The molecule has 0 spiro atoms. The molecule has 152 valence electrons. The summed E-state index contributed by atoms with van der Waals surface area (Å²) in [6.45, 7) is 4.44. The molecule has 0 saturated carbocycles. The quantitative estimate of drug-likeness (QED) is 0.855. The van der Waals surface area contributed by atoms with Gasteiger partial charge in [0.15, 0.2) is 5.76 Å². The first-order chi connectivity index (χ1) is 14.0. The van der Waals surface area contributed by atoms with Gasteiger partial charge in [-0.2, -0.15) is 0 Å². The van der Waals surface area contributed by atoms with E-state index in [9.17, 15) is 14.4 Å². The first-order valence-corrected chi connectivity index (χ1v) is 9.79. The minimum absolute atomic E-state index is 0.0488. The minimum atomic E-state index is -0.229. The minimum Gasteiger partial charge on any atom is -0.459 e. The molecule has 0 radical (unpaired) electrons. The van der Waals surface area contributed by atoms with Gasteiger partial charge < -0.3 is 19.5 Å². The number of para-hydroxylation sites is 2. The lowest BCUT2D eigenvalue weighted by atomic mass is 10.1. The van der Waals surface area contributed by atoms with Crippen molar-refractivity contribution in [1.29, 1.82) is 0 Å². The van der Waals surface area contributed by atoms with Crippen LogP contribution in [0.2, 0.25) is 0 Å². The van der Waals surface area contributed by atoms with E-state index in [0.29, 0.717) is 37.6 Å². The maximum Gasteiger partial charge on any atom is 0.289 e. The number of nitrogens with one attached hydrogen (secondary N) is 1. The number of amides is 3. The van der Waals surface area contributed by atoms with E-state index in [1.165, 1.54) is 6.26 Å². The average molecular weight is 396 g/mol. The Balaban J connectivity index is 1.41. The first-order valence-electron chi connectivity index (χ1n) is 9.79. The van der Waals surface area contributed by atoms with E-state index in [1.807, 2.05) is 36.1 Å². The van der Waals surface area contributed by atoms with Crippen LogP contribution in [0, 0.1) is 0 Å². The van der Waals surface area contributed by atoms with E-state index >= 15 is 0 Å². The van der Waals surface area contributed by atoms with E-state index in [1.54, 1.807) is 21.9 Å². The van der Waals surface area contributed by atoms with Crippen molar-refractivity contribution in [3.8, 4) is 0 Å². The summed E-state index contributed by atoms with van der Waals surface area (Å²) in [5, 5.41) is 2.87. The van der Waals surface area contributed by atoms with Crippen LogP contribution in [0.1, 0.15) is 23.9 Å². The maximum absolute atomic E-state index is 13.2. The van der Waals surface area contributed by atoms with Crippen molar-refractivity contribution in [3.05, 3.63) is 48.4 Å². The van der Waals surface area contributed by atoms with Crippen LogP contribution in [0.25, 0.3) is 0 Å². The standard InChI is InChI=1S/C21H24N4O4/c1-15-13-19(26)22-16-5-2-3-6-17(16)25(15)20(27)14-23-8-10-24(11-9-23)21(28)18-7-4-12-29-18/h2-7,12,15H,8-11,13-14H2,1H3,(H,22,26). The highest BCUT2D eigenvalue weighted by molar-refractivity contribution is 6.05. The number of carbonyl (C=O) groups is 3. The molecule has 0 aliphatic carbocycles. The number of benzene rings is 1. The molecule has 1 aromatic carbocycles. The lowest BCUT2D eigenvalue weighted by Crippen LogP contribution is -2.52. The number of piperazine rings is 1. The molecule has 0 bridgehead atoms. The number of rotatable bonds is 3. The molecule has 1 atom stereocenters. The fourth-order valence-electron chi connectivity index (χ4n) is 3.90. The second kappa shape index (κ2) is 8.08. The predicted molar refractivity (Wildman–Crippen MR) is 108 cm³/mol. The van der Waals surface area contributed by atoms with Crippen LogP contribution in [-0.4, -0.2) is 66.3 Å². The average Bonchev–Trinajstić information content (AvgIpc) is 3.20. The normalized spacial score (nSPS) is 20.0. The molecule has 8 nitrogen and oxygen atoms in total. The largest absolute Gasteiger partial charge is 0.459 e. The first kappa shape index (κ1) is 19.2. The molecular formula is C21H24N4O4. The van der Waals surface area contributed by atoms with Gasteiger partial charge in [-0.3, -0.25) is 19.3 Å². The third-order valence-corrected chi connectivity index (χ3v) is 5.38. The molecule has 2 aliphatic rings. The Morgan fingerprint density at radius 3 is 2.59 bits per heavy atom. The van der Waals surface area contributed by atoms with Gasteiger partial charge in [-0.1, -0.05) is 12.1 Å². The van der Waals surface area contributed by atoms with Crippen LogP contribution in [-0.2, 0) is 9.59 Å². The van der Waals surface area contributed by atoms with Crippen LogP contribution in [0.3, 0.4) is 0 Å². The van der Waals surface area contributed by atoms with Crippen molar-refractivity contribution in [2.75, 3.05) is 42.9 Å². The molecule has 4 rings (SSSR count). The number of hydrogen-bond donors (Lipinski definition) is 1. The zero-order valence-electron chi connectivity index (χ0n) is 16.3. The Morgan fingerprint density at radius 1 is 1.10 bits per heavy atom. The van der Waals surface area contributed by atoms with Crippen molar-refractivity contribution < 1.29 is 18.8 Å². The zero-order valence-corrected chi connectivity index (χ0v) is 16.3. The summed E-state index contributed by atoms with van der Waals surface area (Å²) in [5.74, 6) is 0.0693. The van der Waals surface area contributed by atoms with Gasteiger partial charge in [0.25, 0.3) is 5.91 Å². The van der Waals surface area contributed by atoms with E-state index in [-0.39, 0.29) is 36.7 Å². The van der Waals surface area contributed by atoms with Crippen LogP contribution in [0.4, 0.5) is 11.4 Å². The molecular weight excluding hydrogens is 372 g/mol. The van der Waals surface area contributed by atoms with Crippen molar-refractivity contribution in [3.63, 3.8) is 0 Å². The second-order valence-electron chi connectivity index (χ2n) is 7.43. The van der Waals surface area contributed by atoms with Gasteiger partial charge in [0.2, 0.25) is 11.8 Å². The molecule has 3 heterocycles. The Morgan fingerprint density at radius 2 is 1.86 bits per heavy atom. The van der Waals surface area contributed by atoms with Crippen molar-refractivity contribution in [2.45, 2.75) is 19.4 Å². The van der Waals surface area contributed by atoms with Gasteiger partial charge in [0, 0.05) is 38.6 Å². The molecule has 2 aliphatic heterocycles. The molecule has 2 aromatic rings. The van der Waals surface area contributed by atoms with Gasteiger partial charge in [-0.15, -0.1) is 0 Å².